The van der Waals surface area contributed by atoms with Gasteiger partial charge in [-0.3, -0.25) is 9.55 Å². The molecule has 0 aliphatic heterocycles. The smallest absolute Gasteiger partial charge is 0.149 e. The van der Waals surface area contributed by atoms with Crippen LogP contribution in [0.4, 0.5) is 0 Å². The monoisotopic (exact) mass is 874 g/mol. The number of rotatable bonds is 9. The molecular formula is C63H46N4O. The standard InChI is InChI=1S/C63H46N4O/c1-63(2,46-21-8-4-9-22-46)47-35-33-42(34-36-47)44-37-38-64-55(41-44)45-39-53-50-26-13-16-30-57(50)66(48-23-10-5-11-24-48)61(53)54(40-45)51-28-18-31-58-60(51)65-62(52-27-14-17-32-59(52)68)67(58)56-29-15-12-25-49(56)43-19-6-3-7-20-43/h3-41,68H,1-2H3. The fraction of sp³-hybridized carbons (Fsp3) is 0.0476. The molecular weight excluding hydrogens is 829 g/mol. The summed E-state index contributed by atoms with van der Waals surface area (Å²) in [4.78, 5) is 10.6. The predicted octanol–water partition coefficient (Wildman–Crippen LogP) is 15.9. The van der Waals surface area contributed by atoms with Crippen molar-refractivity contribution >= 4 is 32.8 Å². The second kappa shape index (κ2) is 16.6. The van der Waals surface area contributed by atoms with Gasteiger partial charge in [0.25, 0.3) is 0 Å². The van der Waals surface area contributed by atoms with Gasteiger partial charge in [0.2, 0.25) is 0 Å². The molecule has 0 radical (unpaired) electrons. The molecule has 0 fully saturated rings. The van der Waals surface area contributed by atoms with Gasteiger partial charge in [0.05, 0.1) is 39.0 Å². The maximum absolute atomic E-state index is 11.5. The number of hydrogen-bond donors (Lipinski definition) is 1. The zero-order valence-corrected chi connectivity index (χ0v) is 37.8. The van der Waals surface area contributed by atoms with Gasteiger partial charge in [-0.2, -0.15) is 0 Å². The van der Waals surface area contributed by atoms with Crippen molar-refractivity contribution in [1.29, 1.82) is 0 Å². The number of benzene rings is 9. The van der Waals surface area contributed by atoms with Crippen molar-refractivity contribution < 1.29 is 5.11 Å². The summed E-state index contributed by atoms with van der Waals surface area (Å²) in [5.41, 5.74) is 17.2. The van der Waals surface area contributed by atoms with Gasteiger partial charge in [0, 0.05) is 50.3 Å². The fourth-order valence-corrected chi connectivity index (χ4v) is 10.1. The summed E-state index contributed by atoms with van der Waals surface area (Å²) in [6.07, 6.45) is 1.93. The number of phenolic OH excluding ortho intramolecular Hbond substituents is 1. The molecule has 3 heterocycles. The van der Waals surface area contributed by atoms with Crippen LogP contribution in [0.3, 0.4) is 0 Å². The van der Waals surface area contributed by atoms with Crippen molar-refractivity contribution in [3.05, 3.63) is 248 Å². The maximum atomic E-state index is 11.5. The number of pyridine rings is 1. The van der Waals surface area contributed by atoms with E-state index in [4.69, 9.17) is 9.97 Å². The normalized spacial score (nSPS) is 11.7. The highest BCUT2D eigenvalue weighted by Gasteiger charge is 2.26. The van der Waals surface area contributed by atoms with E-state index in [1.165, 1.54) is 11.1 Å². The van der Waals surface area contributed by atoms with Crippen molar-refractivity contribution in [3.63, 3.8) is 0 Å². The number of phenols is 1. The van der Waals surface area contributed by atoms with Crippen molar-refractivity contribution in [2.45, 2.75) is 19.3 Å². The van der Waals surface area contributed by atoms with E-state index in [-0.39, 0.29) is 11.2 Å². The molecule has 0 saturated heterocycles. The van der Waals surface area contributed by atoms with E-state index in [0.717, 1.165) is 88.9 Å². The number of imidazole rings is 1. The van der Waals surface area contributed by atoms with Crippen LogP contribution in [-0.2, 0) is 5.41 Å². The number of fused-ring (bicyclic) bond motifs is 4. The second-order valence-electron chi connectivity index (χ2n) is 18.0. The molecule has 0 aliphatic carbocycles. The molecule has 0 saturated carbocycles. The molecule has 3 aromatic heterocycles. The molecule has 1 N–H and O–H groups in total. The average molecular weight is 875 g/mol. The molecule has 0 spiro atoms. The lowest BCUT2D eigenvalue weighted by Gasteiger charge is -2.26. The van der Waals surface area contributed by atoms with Crippen LogP contribution in [0.5, 0.6) is 5.75 Å². The minimum Gasteiger partial charge on any atom is -0.507 e. The Morgan fingerprint density at radius 3 is 1.84 bits per heavy atom. The molecule has 0 unspecified atom stereocenters. The van der Waals surface area contributed by atoms with Gasteiger partial charge in [-0.1, -0.05) is 178 Å². The Morgan fingerprint density at radius 1 is 0.426 bits per heavy atom. The highest BCUT2D eigenvalue weighted by molar-refractivity contribution is 6.17. The van der Waals surface area contributed by atoms with E-state index in [9.17, 15) is 5.11 Å². The summed E-state index contributed by atoms with van der Waals surface area (Å²) in [5, 5.41) is 13.8. The second-order valence-corrected chi connectivity index (χ2v) is 18.0. The van der Waals surface area contributed by atoms with Crippen molar-refractivity contribution in [2.24, 2.45) is 0 Å². The third-order valence-electron chi connectivity index (χ3n) is 13.6. The number of para-hydroxylation sites is 5. The van der Waals surface area contributed by atoms with Crippen LogP contribution in [0, 0.1) is 0 Å². The Hall–Kier alpha value is -8.80. The van der Waals surface area contributed by atoms with Gasteiger partial charge in [0.1, 0.15) is 11.6 Å². The molecule has 5 nitrogen and oxygen atoms in total. The Morgan fingerprint density at radius 2 is 1.06 bits per heavy atom. The van der Waals surface area contributed by atoms with Crippen LogP contribution in [0.25, 0.3) is 100 Å². The molecule has 324 valence electrons. The summed E-state index contributed by atoms with van der Waals surface area (Å²) in [6, 6.07) is 80.7. The van der Waals surface area contributed by atoms with E-state index >= 15 is 0 Å². The molecule has 0 amide bonds. The number of aromatic hydroxyl groups is 1. The van der Waals surface area contributed by atoms with Gasteiger partial charge in [-0.15, -0.1) is 0 Å². The van der Waals surface area contributed by atoms with E-state index < -0.39 is 0 Å². The van der Waals surface area contributed by atoms with Crippen LogP contribution < -0.4 is 0 Å². The van der Waals surface area contributed by atoms with E-state index in [2.05, 4.69) is 223 Å². The van der Waals surface area contributed by atoms with E-state index in [1.54, 1.807) is 6.07 Å². The summed E-state index contributed by atoms with van der Waals surface area (Å²) in [5.74, 6) is 0.814. The SMILES string of the molecule is CC(C)(c1ccccc1)c1ccc(-c2ccnc(-c3cc(-c4cccc5c4nc(-c4ccccc4O)n5-c4ccccc4-c4ccccc4)c4c(c3)c3ccccc3n4-c3ccccc3)c2)cc1. The summed E-state index contributed by atoms with van der Waals surface area (Å²) in [6.45, 7) is 4.57. The van der Waals surface area contributed by atoms with Gasteiger partial charge < -0.3 is 9.67 Å². The zero-order valence-electron chi connectivity index (χ0n) is 37.8. The fourth-order valence-electron chi connectivity index (χ4n) is 10.1. The summed E-state index contributed by atoms with van der Waals surface area (Å²) >= 11 is 0. The Labute approximate surface area is 395 Å². The van der Waals surface area contributed by atoms with Gasteiger partial charge >= 0.3 is 0 Å². The Kier molecular flexibility index (Phi) is 9.92. The topological polar surface area (TPSA) is 55.9 Å². The van der Waals surface area contributed by atoms with Gasteiger partial charge in [-0.25, -0.2) is 4.98 Å². The number of aromatic nitrogens is 4. The van der Waals surface area contributed by atoms with Crippen LogP contribution in [0.15, 0.2) is 237 Å². The first-order valence-corrected chi connectivity index (χ1v) is 23.1. The Bertz CT molecular complexity index is 3810. The van der Waals surface area contributed by atoms with Crippen LogP contribution in [0.1, 0.15) is 25.0 Å². The molecule has 5 heteroatoms. The van der Waals surface area contributed by atoms with Crippen molar-refractivity contribution in [2.75, 3.05) is 0 Å². The van der Waals surface area contributed by atoms with Gasteiger partial charge in [0.15, 0.2) is 0 Å². The first-order valence-electron chi connectivity index (χ1n) is 23.1. The average Bonchev–Trinajstić information content (AvgIpc) is 3.96. The van der Waals surface area contributed by atoms with E-state index in [0.29, 0.717) is 11.4 Å². The number of hydrogen-bond acceptors (Lipinski definition) is 3. The summed E-state index contributed by atoms with van der Waals surface area (Å²) in [7, 11) is 0. The third-order valence-corrected chi connectivity index (χ3v) is 13.6. The first-order chi connectivity index (χ1) is 33.4. The van der Waals surface area contributed by atoms with Crippen LogP contribution in [-0.4, -0.2) is 24.2 Å². The van der Waals surface area contributed by atoms with E-state index in [1.807, 2.05) is 30.5 Å². The maximum Gasteiger partial charge on any atom is 0.149 e. The zero-order chi connectivity index (χ0) is 45.8. The van der Waals surface area contributed by atoms with Crippen LogP contribution in [0.2, 0.25) is 0 Å². The largest absolute Gasteiger partial charge is 0.507 e. The molecule has 68 heavy (non-hydrogen) atoms. The van der Waals surface area contributed by atoms with Crippen molar-refractivity contribution in [1.82, 2.24) is 19.1 Å². The molecule has 12 aromatic rings. The minimum absolute atomic E-state index is 0.139. The van der Waals surface area contributed by atoms with Crippen LogP contribution >= 0.6 is 0 Å². The molecule has 0 aliphatic rings. The lowest BCUT2D eigenvalue weighted by molar-refractivity contribution is 0.477. The number of nitrogens with zero attached hydrogens (tertiary/aromatic N) is 4. The quantitative estimate of drug-likeness (QED) is 0.157. The summed E-state index contributed by atoms with van der Waals surface area (Å²) < 4.78 is 4.60. The third kappa shape index (κ3) is 6.87. The molecule has 0 atom stereocenters. The Balaban J connectivity index is 1.10. The van der Waals surface area contributed by atoms with Gasteiger partial charge in [-0.05, 0) is 94.5 Å². The lowest BCUT2D eigenvalue weighted by Crippen LogP contribution is -2.18. The first kappa shape index (κ1) is 40.7. The molecule has 0 bridgehead atoms. The highest BCUT2D eigenvalue weighted by atomic mass is 16.3. The minimum atomic E-state index is -0.139. The van der Waals surface area contributed by atoms with Crippen molar-refractivity contribution in [3.8, 4) is 73.2 Å². The lowest BCUT2D eigenvalue weighted by atomic mass is 9.78. The highest BCUT2D eigenvalue weighted by Crippen LogP contribution is 2.45. The predicted molar refractivity (Wildman–Crippen MR) is 281 cm³/mol. The molecule has 9 aromatic carbocycles. The molecule has 12 rings (SSSR count).